The summed E-state index contributed by atoms with van der Waals surface area (Å²) in [7, 11) is 0. The van der Waals surface area contributed by atoms with E-state index in [1.807, 2.05) is 0 Å². The lowest BCUT2D eigenvalue weighted by Gasteiger charge is -2.54. The molecule has 2 aliphatic rings. The molecule has 2 heteroatoms. The summed E-state index contributed by atoms with van der Waals surface area (Å²) in [6, 6.07) is 0. The highest BCUT2D eigenvalue weighted by molar-refractivity contribution is 5.01. The first-order valence-corrected chi connectivity index (χ1v) is 8.89. The lowest BCUT2D eigenvalue weighted by molar-refractivity contribution is -0.0290. The van der Waals surface area contributed by atoms with Gasteiger partial charge in [0.05, 0.1) is 0 Å². The molecule has 2 N–H and O–H groups in total. The van der Waals surface area contributed by atoms with Gasteiger partial charge in [-0.3, -0.25) is 4.90 Å². The second-order valence-corrected chi connectivity index (χ2v) is 8.29. The van der Waals surface area contributed by atoms with Crippen LogP contribution in [0.5, 0.6) is 0 Å². The first-order valence-electron chi connectivity index (χ1n) is 8.89. The van der Waals surface area contributed by atoms with Crippen LogP contribution in [0.15, 0.2) is 0 Å². The van der Waals surface area contributed by atoms with Crippen molar-refractivity contribution in [3.63, 3.8) is 0 Å². The van der Waals surface area contributed by atoms with Gasteiger partial charge in [0.25, 0.3) is 0 Å². The normalized spacial score (nSPS) is 34.4. The second kappa shape index (κ2) is 6.36. The number of hydrogen-bond acceptors (Lipinski definition) is 2. The number of rotatable bonds is 3. The quantitative estimate of drug-likeness (QED) is 0.845. The van der Waals surface area contributed by atoms with Gasteiger partial charge < -0.3 is 5.73 Å². The SMILES string of the molecule is CCC1CCCCC1(CN)N1CCC(C(C)(C)C)CC1. The van der Waals surface area contributed by atoms with E-state index >= 15 is 0 Å². The maximum atomic E-state index is 6.31. The Balaban J connectivity index is 2.06. The van der Waals surface area contributed by atoms with Crippen LogP contribution in [0.2, 0.25) is 0 Å². The van der Waals surface area contributed by atoms with Crippen molar-refractivity contribution in [2.24, 2.45) is 23.0 Å². The smallest absolute Gasteiger partial charge is 0.0359 e. The molecular weight excluding hydrogens is 244 g/mol. The Bertz CT molecular complexity index is 299. The molecule has 0 spiro atoms. The summed E-state index contributed by atoms with van der Waals surface area (Å²) in [5, 5.41) is 0. The first-order chi connectivity index (χ1) is 9.44. The molecule has 2 rings (SSSR count). The van der Waals surface area contributed by atoms with E-state index in [9.17, 15) is 0 Å². The van der Waals surface area contributed by atoms with Crippen molar-refractivity contribution in [1.82, 2.24) is 4.90 Å². The lowest BCUT2D eigenvalue weighted by Crippen LogP contribution is -2.61. The lowest BCUT2D eigenvalue weighted by atomic mass is 9.68. The van der Waals surface area contributed by atoms with E-state index in [-0.39, 0.29) is 0 Å². The predicted octanol–water partition coefficient (Wildman–Crippen LogP) is 4.04. The monoisotopic (exact) mass is 280 g/mol. The molecule has 2 atom stereocenters. The number of nitrogens with zero attached hydrogens (tertiary/aromatic N) is 1. The molecular formula is C18H36N2. The third-order valence-electron chi connectivity index (χ3n) is 6.37. The third kappa shape index (κ3) is 3.06. The van der Waals surface area contributed by atoms with Crippen molar-refractivity contribution in [3.8, 4) is 0 Å². The molecule has 2 nitrogen and oxygen atoms in total. The molecule has 0 bridgehead atoms. The zero-order valence-corrected chi connectivity index (χ0v) is 14.3. The van der Waals surface area contributed by atoms with Crippen molar-refractivity contribution in [2.75, 3.05) is 19.6 Å². The van der Waals surface area contributed by atoms with Crippen molar-refractivity contribution in [3.05, 3.63) is 0 Å². The van der Waals surface area contributed by atoms with Gasteiger partial charge in [-0.05, 0) is 56.0 Å². The molecule has 2 unspecified atom stereocenters. The van der Waals surface area contributed by atoms with E-state index in [2.05, 4.69) is 32.6 Å². The minimum Gasteiger partial charge on any atom is -0.329 e. The fraction of sp³-hybridized carbons (Fsp3) is 1.00. The molecule has 20 heavy (non-hydrogen) atoms. The van der Waals surface area contributed by atoms with E-state index < -0.39 is 0 Å². The van der Waals surface area contributed by atoms with Gasteiger partial charge in [-0.1, -0.05) is 47.0 Å². The van der Waals surface area contributed by atoms with E-state index in [0.717, 1.165) is 18.4 Å². The van der Waals surface area contributed by atoms with Gasteiger partial charge in [0.2, 0.25) is 0 Å². The number of hydrogen-bond donors (Lipinski definition) is 1. The summed E-state index contributed by atoms with van der Waals surface area (Å²) >= 11 is 0. The van der Waals surface area contributed by atoms with Crippen LogP contribution in [0.4, 0.5) is 0 Å². The Labute approximate surface area is 126 Å². The van der Waals surface area contributed by atoms with E-state index in [1.165, 1.54) is 58.0 Å². The molecule has 0 aromatic carbocycles. The number of nitrogens with two attached hydrogens (primary N) is 1. The van der Waals surface area contributed by atoms with Crippen LogP contribution in [-0.4, -0.2) is 30.1 Å². The maximum Gasteiger partial charge on any atom is 0.0359 e. The van der Waals surface area contributed by atoms with Crippen molar-refractivity contribution in [2.45, 2.75) is 78.2 Å². The third-order valence-corrected chi connectivity index (χ3v) is 6.37. The minimum absolute atomic E-state index is 0.329. The summed E-state index contributed by atoms with van der Waals surface area (Å²) in [4.78, 5) is 2.79. The van der Waals surface area contributed by atoms with E-state index in [0.29, 0.717) is 11.0 Å². The van der Waals surface area contributed by atoms with Crippen LogP contribution in [0.25, 0.3) is 0 Å². The Hall–Kier alpha value is -0.0800. The second-order valence-electron chi connectivity index (χ2n) is 8.29. The predicted molar refractivity (Wildman–Crippen MR) is 87.8 cm³/mol. The van der Waals surface area contributed by atoms with Gasteiger partial charge in [-0.15, -0.1) is 0 Å². The first kappa shape index (κ1) is 16.3. The van der Waals surface area contributed by atoms with Gasteiger partial charge in [0.1, 0.15) is 0 Å². The van der Waals surface area contributed by atoms with E-state index in [4.69, 9.17) is 5.73 Å². The highest BCUT2D eigenvalue weighted by Crippen LogP contribution is 2.43. The molecule has 1 aliphatic carbocycles. The molecule has 1 saturated heterocycles. The van der Waals surface area contributed by atoms with Gasteiger partial charge in [0, 0.05) is 12.1 Å². The molecule has 1 heterocycles. The largest absolute Gasteiger partial charge is 0.329 e. The highest BCUT2D eigenvalue weighted by Gasteiger charge is 2.45. The summed E-state index contributed by atoms with van der Waals surface area (Å²) in [5.41, 5.74) is 7.11. The van der Waals surface area contributed by atoms with Crippen LogP contribution in [0.1, 0.15) is 72.6 Å². The van der Waals surface area contributed by atoms with Crippen LogP contribution in [0.3, 0.4) is 0 Å². The van der Waals surface area contributed by atoms with Crippen LogP contribution in [0, 0.1) is 17.3 Å². The summed E-state index contributed by atoms with van der Waals surface area (Å²) in [6.45, 7) is 13.0. The van der Waals surface area contributed by atoms with Gasteiger partial charge in [-0.25, -0.2) is 0 Å². The molecule has 0 aromatic heterocycles. The average Bonchev–Trinajstić information content (AvgIpc) is 2.46. The van der Waals surface area contributed by atoms with Gasteiger partial charge >= 0.3 is 0 Å². The Morgan fingerprint density at radius 3 is 2.25 bits per heavy atom. The van der Waals surface area contributed by atoms with Crippen molar-refractivity contribution >= 4 is 0 Å². The molecule has 1 aliphatic heterocycles. The fourth-order valence-corrected chi connectivity index (χ4v) is 4.88. The standard InChI is InChI=1S/C18H36N2/c1-5-15-8-6-7-11-18(15,14-19)20-12-9-16(10-13-20)17(2,3)4/h15-16H,5-14,19H2,1-4H3. The van der Waals surface area contributed by atoms with Crippen LogP contribution in [-0.2, 0) is 0 Å². The molecule has 2 fully saturated rings. The number of piperidine rings is 1. The van der Waals surface area contributed by atoms with E-state index in [1.54, 1.807) is 0 Å². The topological polar surface area (TPSA) is 29.3 Å². The van der Waals surface area contributed by atoms with Crippen molar-refractivity contribution < 1.29 is 0 Å². The van der Waals surface area contributed by atoms with Gasteiger partial charge in [-0.2, -0.15) is 0 Å². The maximum absolute atomic E-state index is 6.31. The van der Waals surface area contributed by atoms with Gasteiger partial charge in [0.15, 0.2) is 0 Å². The summed E-state index contributed by atoms with van der Waals surface area (Å²) in [6.07, 6.45) is 9.56. The van der Waals surface area contributed by atoms with Crippen LogP contribution < -0.4 is 5.73 Å². The Morgan fingerprint density at radius 1 is 1.10 bits per heavy atom. The Kier molecular flexibility index (Phi) is 5.18. The summed E-state index contributed by atoms with van der Waals surface area (Å²) in [5.74, 6) is 1.71. The molecule has 118 valence electrons. The zero-order chi connectivity index (χ0) is 14.8. The fourth-order valence-electron chi connectivity index (χ4n) is 4.88. The van der Waals surface area contributed by atoms with Crippen molar-refractivity contribution in [1.29, 1.82) is 0 Å². The zero-order valence-electron chi connectivity index (χ0n) is 14.3. The molecule has 0 radical (unpaired) electrons. The number of likely N-dealkylation sites (tertiary alicyclic amines) is 1. The highest BCUT2D eigenvalue weighted by atomic mass is 15.2. The molecule has 0 amide bonds. The summed E-state index contributed by atoms with van der Waals surface area (Å²) < 4.78 is 0. The molecule has 1 saturated carbocycles. The Morgan fingerprint density at radius 2 is 1.75 bits per heavy atom. The van der Waals surface area contributed by atoms with Crippen LogP contribution >= 0.6 is 0 Å². The minimum atomic E-state index is 0.329. The average molecular weight is 281 g/mol. The molecule has 0 aromatic rings.